The van der Waals surface area contributed by atoms with Gasteiger partial charge >= 0.3 is 0 Å². The van der Waals surface area contributed by atoms with Crippen LogP contribution in [0, 0.1) is 6.92 Å². The summed E-state index contributed by atoms with van der Waals surface area (Å²) in [4.78, 5) is 20.6. The van der Waals surface area contributed by atoms with E-state index in [-0.39, 0.29) is 12.0 Å². The first-order chi connectivity index (χ1) is 11.1. The van der Waals surface area contributed by atoms with Crippen LogP contribution >= 0.6 is 11.3 Å². The molecule has 2 aromatic rings. The standard InChI is InChI=1S/C15H21N5O2S/c1-11-16-15(18-17-11)13-8-20(4-5-22-13)9-14(21)19(2)7-12-3-6-23-10-12/h3,6,10,13H,4-5,7-9H2,1-2H3,(H,16,17,18). The molecule has 0 bridgehead atoms. The fourth-order valence-electron chi connectivity index (χ4n) is 2.56. The lowest BCUT2D eigenvalue weighted by Crippen LogP contribution is -2.44. The minimum absolute atomic E-state index is 0.114. The van der Waals surface area contributed by atoms with Gasteiger partial charge in [0.2, 0.25) is 5.91 Å². The Morgan fingerprint density at radius 1 is 1.61 bits per heavy atom. The number of morpholine rings is 1. The number of ether oxygens (including phenoxy) is 1. The van der Waals surface area contributed by atoms with Gasteiger partial charge in [-0.05, 0) is 29.3 Å². The molecule has 7 nitrogen and oxygen atoms in total. The van der Waals surface area contributed by atoms with Gasteiger partial charge in [-0.25, -0.2) is 4.98 Å². The molecule has 1 atom stereocenters. The molecular formula is C15H21N5O2S. The molecule has 0 radical (unpaired) electrons. The molecule has 8 heteroatoms. The third-order valence-electron chi connectivity index (χ3n) is 3.84. The number of hydrogen-bond donors (Lipinski definition) is 1. The predicted octanol–water partition coefficient (Wildman–Crippen LogP) is 1.21. The zero-order valence-electron chi connectivity index (χ0n) is 13.4. The number of nitrogens with one attached hydrogen (secondary N) is 1. The number of aryl methyl sites for hydroxylation is 1. The van der Waals surface area contributed by atoms with Crippen molar-refractivity contribution in [1.29, 1.82) is 0 Å². The maximum Gasteiger partial charge on any atom is 0.236 e. The molecule has 1 amide bonds. The van der Waals surface area contributed by atoms with Crippen LogP contribution in [0.2, 0.25) is 0 Å². The normalized spacial score (nSPS) is 19.0. The Bertz CT molecular complexity index is 642. The predicted molar refractivity (Wildman–Crippen MR) is 87.0 cm³/mol. The van der Waals surface area contributed by atoms with Gasteiger partial charge in [-0.1, -0.05) is 0 Å². The van der Waals surface area contributed by atoms with Gasteiger partial charge in [-0.3, -0.25) is 14.8 Å². The third-order valence-corrected chi connectivity index (χ3v) is 4.57. The maximum absolute atomic E-state index is 12.4. The van der Waals surface area contributed by atoms with Gasteiger partial charge in [0, 0.05) is 26.7 Å². The summed E-state index contributed by atoms with van der Waals surface area (Å²) in [6.07, 6.45) is -0.177. The lowest BCUT2D eigenvalue weighted by molar-refractivity contribution is -0.133. The number of aromatic amines is 1. The van der Waals surface area contributed by atoms with Gasteiger partial charge in [0.25, 0.3) is 0 Å². The van der Waals surface area contributed by atoms with Crippen LogP contribution in [0.3, 0.4) is 0 Å². The summed E-state index contributed by atoms with van der Waals surface area (Å²) < 4.78 is 5.72. The molecule has 0 saturated carbocycles. The van der Waals surface area contributed by atoms with E-state index in [2.05, 4.69) is 25.5 Å². The summed E-state index contributed by atoms with van der Waals surface area (Å²) in [6.45, 7) is 4.87. The summed E-state index contributed by atoms with van der Waals surface area (Å²) in [6, 6.07) is 2.05. The van der Waals surface area contributed by atoms with E-state index in [9.17, 15) is 4.79 Å². The van der Waals surface area contributed by atoms with Crippen molar-refractivity contribution in [3.05, 3.63) is 34.0 Å². The summed E-state index contributed by atoms with van der Waals surface area (Å²) in [5.41, 5.74) is 1.17. The highest BCUT2D eigenvalue weighted by Crippen LogP contribution is 2.19. The largest absolute Gasteiger partial charge is 0.367 e. The van der Waals surface area contributed by atoms with Gasteiger partial charge in [-0.15, -0.1) is 0 Å². The Morgan fingerprint density at radius 2 is 2.48 bits per heavy atom. The maximum atomic E-state index is 12.4. The highest BCUT2D eigenvalue weighted by molar-refractivity contribution is 7.07. The van der Waals surface area contributed by atoms with E-state index in [1.165, 1.54) is 5.56 Å². The molecule has 1 saturated heterocycles. The number of thiophene rings is 1. The second-order valence-corrected chi connectivity index (χ2v) is 6.53. The summed E-state index contributed by atoms with van der Waals surface area (Å²) in [5.74, 6) is 1.54. The van der Waals surface area contributed by atoms with Crippen LogP contribution < -0.4 is 0 Å². The molecule has 1 aliphatic heterocycles. The smallest absolute Gasteiger partial charge is 0.236 e. The fourth-order valence-corrected chi connectivity index (χ4v) is 3.22. The van der Waals surface area contributed by atoms with Gasteiger partial charge in [-0.2, -0.15) is 16.4 Å². The Labute approximate surface area is 139 Å². The van der Waals surface area contributed by atoms with Gasteiger partial charge < -0.3 is 9.64 Å². The molecule has 1 aliphatic rings. The number of aromatic nitrogens is 3. The molecule has 1 unspecified atom stereocenters. The number of carbonyl (C=O) groups is 1. The molecule has 23 heavy (non-hydrogen) atoms. The molecule has 3 heterocycles. The molecule has 2 aromatic heterocycles. The number of rotatable bonds is 5. The molecule has 1 fully saturated rings. The number of nitrogens with zero attached hydrogens (tertiary/aromatic N) is 4. The van der Waals surface area contributed by atoms with Crippen LogP contribution in [0.4, 0.5) is 0 Å². The van der Waals surface area contributed by atoms with Crippen molar-refractivity contribution in [2.24, 2.45) is 0 Å². The summed E-state index contributed by atoms with van der Waals surface area (Å²) >= 11 is 1.65. The van der Waals surface area contributed by atoms with Crippen molar-refractivity contribution in [3.63, 3.8) is 0 Å². The molecule has 3 rings (SSSR count). The Hall–Kier alpha value is -1.77. The number of carbonyl (C=O) groups excluding carboxylic acids is 1. The topological polar surface area (TPSA) is 74.3 Å². The van der Waals surface area contributed by atoms with Crippen LogP contribution in [0.25, 0.3) is 0 Å². The monoisotopic (exact) mass is 335 g/mol. The number of amides is 1. The van der Waals surface area contributed by atoms with Gasteiger partial charge in [0.05, 0.1) is 13.2 Å². The number of H-pyrrole nitrogens is 1. The second-order valence-electron chi connectivity index (χ2n) is 5.75. The first kappa shape index (κ1) is 16.1. The van der Waals surface area contributed by atoms with Crippen molar-refractivity contribution in [1.82, 2.24) is 25.0 Å². The van der Waals surface area contributed by atoms with Crippen molar-refractivity contribution in [2.45, 2.75) is 19.6 Å². The van der Waals surface area contributed by atoms with Crippen LogP contribution in [0.5, 0.6) is 0 Å². The SMILES string of the molecule is Cc1nc(C2CN(CC(=O)N(C)Cc3ccsc3)CCO2)n[nH]1. The quantitative estimate of drug-likeness (QED) is 0.889. The van der Waals surface area contributed by atoms with E-state index in [1.807, 2.05) is 25.4 Å². The lowest BCUT2D eigenvalue weighted by atomic mass is 10.2. The zero-order chi connectivity index (χ0) is 16.2. The van der Waals surface area contributed by atoms with Crippen molar-refractivity contribution >= 4 is 17.2 Å². The molecule has 124 valence electrons. The molecule has 0 aliphatic carbocycles. The van der Waals surface area contributed by atoms with E-state index >= 15 is 0 Å². The highest BCUT2D eigenvalue weighted by atomic mass is 32.1. The summed E-state index contributed by atoms with van der Waals surface area (Å²) in [5, 5.41) is 11.1. The Morgan fingerprint density at radius 3 is 3.17 bits per heavy atom. The van der Waals surface area contributed by atoms with E-state index in [0.717, 1.165) is 12.4 Å². The minimum atomic E-state index is -0.177. The first-order valence-electron chi connectivity index (χ1n) is 7.59. The molecule has 0 spiro atoms. The third kappa shape index (κ3) is 4.15. The Kier molecular flexibility index (Phi) is 5.04. The van der Waals surface area contributed by atoms with Crippen molar-refractivity contribution < 1.29 is 9.53 Å². The van der Waals surface area contributed by atoms with E-state index in [0.29, 0.717) is 32.1 Å². The van der Waals surface area contributed by atoms with Crippen LogP contribution in [-0.2, 0) is 16.1 Å². The molecule has 1 N–H and O–H groups in total. The van der Waals surface area contributed by atoms with E-state index < -0.39 is 0 Å². The molecular weight excluding hydrogens is 314 g/mol. The second kappa shape index (κ2) is 7.20. The highest BCUT2D eigenvalue weighted by Gasteiger charge is 2.26. The van der Waals surface area contributed by atoms with E-state index in [1.54, 1.807) is 16.2 Å². The van der Waals surface area contributed by atoms with Gasteiger partial charge in [0.15, 0.2) is 5.82 Å². The lowest BCUT2D eigenvalue weighted by Gasteiger charge is -2.32. The zero-order valence-corrected chi connectivity index (χ0v) is 14.2. The average Bonchev–Trinajstić information content (AvgIpc) is 3.19. The number of likely N-dealkylation sites (N-methyl/N-ethyl adjacent to an activating group) is 1. The fraction of sp³-hybridized carbons (Fsp3) is 0.533. The minimum Gasteiger partial charge on any atom is -0.367 e. The van der Waals surface area contributed by atoms with Gasteiger partial charge in [0.1, 0.15) is 11.9 Å². The first-order valence-corrected chi connectivity index (χ1v) is 8.54. The molecule has 0 aromatic carbocycles. The summed E-state index contributed by atoms with van der Waals surface area (Å²) in [7, 11) is 1.84. The van der Waals surface area contributed by atoms with Crippen LogP contribution in [-0.4, -0.2) is 64.2 Å². The average molecular weight is 335 g/mol. The van der Waals surface area contributed by atoms with Crippen LogP contribution in [0.15, 0.2) is 16.8 Å². The van der Waals surface area contributed by atoms with Crippen LogP contribution in [0.1, 0.15) is 23.3 Å². The van der Waals surface area contributed by atoms with Crippen molar-refractivity contribution in [3.8, 4) is 0 Å². The number of hydrogen-bond acceptors (Lipinski definition) is 6. The Balaban J connectivity index is 1.53. The van der Waals surface area contributed by atoms with Crippen molar-refractivity contribution in [2.75, 3.05) is 33.3 Å². The van der Waals surface area contributed by atoms with E-state index in [4.69, 9.17) is 4.74 Å².